The average Bonchev–Trinajstić information content (AvgIpc) is 2.27. The zero-order valence-electron chi connectivity index (χ0n) is 8.37. The van der Waals surface area contributed by atoms with E-state index in [-0.39, 0.29) is 16.8 Å². The van der Waals surface area contributed by atoms with Crippen LogP contribution in [0.15, 0.2) is 6.20 Å². The monoisotopic (exact) mass is 260 g/mol. The van der Waals surface area contributed by atoms with Crippen LogP contribution in [0.1, 0.15) is 0 Å². The van der Waals surface area contributed by atoms with Crippen LogP contribution in [0.4, 0.5) is 21.4 Å². The molecule has 1 aromatic heterocycles. The summed E-state index contributed by atoms with van der Waals surface area (Å²) >= 11 is 5.69. The molecule has 0 aromatic carbocycles. The van der Waals surface area contributed by atoms with E-state index in [0.29, 0.717) is 10.0 Å². The van der Waals surface area contributed by atoms with Crippen molar-refractivity contribution in [2.75, 3.05) is 10.0 Å². The van der Waals surface area contributed by atoms with E-state index in [2.05, 4.69) is 9.97 Å². The second-order valence-corrected chi connectivity index (χ2v) is 3.17. The first-order valence-corrected chi connectivity index (χ1v) is 4.43. The molecule has 11 heteroatoms. The number of urea groups is 2. The number of nitrogens with two attached hydrogens (primary N) is 4. The molecule has 0 saturated heterocycles. The van der Waals surface area contributed by atoms with Crippen molar-refractivity contribution in [3.05, 3.63) is 11.2 Å². The topological polar surface area (TPSA) is 170 Å². The summed E-state index contributed by atoms with van der Waals surface area (Å²) in [6.07, 6.45) is 1.09. The van der Waals surface area contributed by atoms with Crippen molar-refractivity contribution in [2.45, 2.75) is 0 Å². The first-order valence-electron chi connectivity index (χ1n) is 4.05. The summed E-state index contributed by atoms with van der Waals surface area (Å²) in [7, 11) is 0. The molecule has 0 aliphatic heterocycles. The van der Waals surface area contributed by atoms with Crippen LogP contribution < -0.4 is 33.2 Å². The van der Waals surface area contributed by atoms with Crippen molar-refractivity contribution in [3.63, 3.8) is 0 Å². The van der Waals surface area contributed by atoms with E-state index < -0.39 is 12.1 Å². The number of carbonyl (C=O) groups excluding carboxylic acids is 2. The minimum Gasteiger partial charge on any atom is -0.350 e. The van der Waals surface area contributed by atoms with Crippen molar-refractivity contribution >= 4 is 35.4 Å². The summed E-state index contributed by atoms with van der Waals surface area (Å²) in [6, 6.07) is -2.00. The number of hydrogen-bond donors (Lipinski definition) is 4. The molecule has 8 N–H and O–H groups in total. The van der Waals surface area contributed by atoms with Crippen LogP contribution in [-0.4, -0.2) is 22.0 Å². The van der Waals surface area contributed by atoms with Crippen LogP contribution in [0.3, 0.4) is 0 Å². The number of halogens is 1. The molecule has 0 atom stereocenters. The van der Waals surface area contributed by atoms with Crippen molar-refractivity contribution < 1.29 is 9.59 Å². The number of hydrazine groups is 2. The van der Waals surface area contributed by atoms with Gasteiger partial charge in [-0.15, -0.1) is 0 Å². The number of primary amides is 2. The van der Waals surface area contributed by atoms with Crippen molar-refractivity contribution in [3.8, 4) is 0 Å². The van der Waals surface area contributed by atoms with Crippen LogP contribution in [0.2, 0.25) is 5.02 Å². The molecule has 0 aliphatic carbocycles. The highest BCUT2D eigenvalue weighted by Crippen LogP contribution is 2.22. The van der Waals surface area contributed by atoms with E-state index in [1.54, 1.807) is 0 Å². The maximum atomic E-state index is 10.8. The summed E-state index contributed by atoms with van der Waals surface area (Å²) in [5, 5.41) is 0.879. The molecule has 1 rings (SSSR count). The van der Waals surface area contributed by atoms with Crippen LogP contribution in [0.25, 0.3) is 0 Å². The fourth-order valence-corrected chi connectivity index (χ4v) is 1.02. The molecule has 1 heterocycles. The van der Waals surface area contributed by atoms with Crippen LogP contribution in [-0.2, 0) is 0 Å². The summed E-state index contributed by atoms with van der Waals surface area (Å²) in [4.78, 5) is 28.9. The Balaban J connectivity index is 3.19. The van der Waals surface area contributed by atoms with Crippen LogP contribution in [0.5, 0.6) is 0 Å². The number of hydrogen-bond acceptors (Lipinski definition) is 6. The Morgan fingerprint density at radius 3 is 2.18 bits per heavy atom. The van der Waals surface area contributed by atoms with Crippen molar-refractivity contribution in [1.82, 2.24) is 9.97 Å². The zero-order chi connectivity index (χ0) is 13.2. The van der Waals surface area contributed by atoms with Gasteiger partial charge in [0, 0.05) is 0 Å². The minimum absolute atomic E-state index is 0.0482. The fourth-order valence-electron chi connectivity index (χ4n) is 0.837. The van der Waals surface area contributed by atoms with Gasteiger partial charge in [0.1, 0.15) is 5.02 Å². The van der Waals surface area contributed by atoms with E-state index in [1.165, 1.54) is 0 Å². The largest absolute Gasteiger partial charge is 0.350 e. The lowest BCUT2D eigenvalue weighted by molar-refractivity contribution is 0.253. The molecule has 1 aromatic rings. The number of amides is 4. The minimum atomic E-state index is -1.00. The Hall–Kier alpha value is -2.17. The van der Waals surface area contributed by atoms with Crippen molar-refractivity contribution in [1.29, 1.82) is 0 Å². The van der Waals surface area contributed by atoms with E-state index in [1.807, 2.05) is 0 Å². The van der Waals surface area contributed by atoms with E-state index in [4.69, 9.17) is 34.8 Å². The number of anilines is 2. The molecule has 0 radical (unpaired) electrons. The van der Waals surface area contributed by atoms with E-state index >= 15 is 0 Å². The fraction of sp³-hybridized carbons (Fsp3) is 0. The number of rotatable bonds is 2. The van der Waals surface area contributed by atoms with Gasteiger partial charge in [-0.2, -0.15) is 9.99 Å². The Bertz CT molecular complexity index is 465. The first-order chi connectivity index (χ1) is 7.84. The molecular formula is C6H9ClN8O2. The molecule has 10 nitrogen and oxygen atoms in total. The summed E-state index contributed by atoms with van der Waals surface area (Å²) in [5.41, 5.74) is 9.83. The highest BCUT2D eigenvalue weighted by atomic mass is 35.5. The van der Waals surface area contributed by atoms with Gasteiger partial charge in [-0.25, -0.2) is 31.3 Å². The Morgan fingerprint density at radius 1 is 1.18 bits per heavy atom. The molecular weight excluding hydrogens is 252 g/mol. The normalized spacial score (nSPS) is 9.82. The molecule has 17 heavy (non-hydrogen) atoms. The molecule has 0 bridgehead atoms. The lowest BCUT2D eigenvalue weighted by Gasteiger charge is -2.16. The van der Waals surface area contributed by atoms with Gasteiger partial charge in [-0.3, -0.25) is 0 Å². The highest BCUT2D eigenvalue weighted by Gasteiger charge is 2.18. The summed E-state index contributed by atoms with van der Waals surface area (Å²) < 4.78 is 0. The lowest BCUT2D eigenvalue weighted by atomic mass is 10.5. The third-order valence-corrected chi connectivity index (χ3v) is 1.90. The smallest absolute Gasteiger partial charge is 0.336 e. The predicted molar refractivity (Wildman–Crippen MR) is 59.5 cm³/mol. The highest BCUT2D eigenvalue weighted by molar-refractivity contribution is 6.33. The maximum Gasteiger partial charge on any atom is 0.336 e. The second-order valence-electron chi connectivity index (χ2n) is 2.76. The van der Waals surface area contributed by atoms with Gasteiger partial charge in [0.15, 0.2) is 5.82 Å². The van der Waals surface area contributed by atoms with Crippen LogP contribution in [0, 0.1) is 0 Å². The molecule has 92 valence electrons. The summed E-state index contributed by atoms with van der Waals surface area (Å²) in [6.45, 7) is 0. The van der Waals surface area contributed by atoms with Gasteiger partial charge in [0.25, 0.3) is 5.95 Å². The Labute approximate surface area is 100 Å². The number of carbonyl (C=O) groups is 2. The van der Waals surface area contributed by atoms with Gasteiger partial charge < -0.3 is 11.5 Å². The second kappa shape index (κ2) is 4.78. The maximum absolute atomic E-state index is 10.8. The Morgan fingerprint density at radius 2 is 1.71 bits per heavy atom. The SMILES string of the molecule is NC(=O)N(N)c1ncc(Cl)c(N(N)C(N)=O)n1. The third kappa shape index (κ3) is 2.69. The first kappa shape index (κ1) is 12.9. The molecule has 0 aliphatic rings. The molecule has 0 saturated carbocycles. The van der Waals surface area contributed by atoms with Gasteiger partial charge >= 0.3 is 12.1 Å². The third-order valence-electron chi connectivity index (χ3n) is 1.63. The molecule has 0 unspecified atom stereocenters. The average molecular weight is 261 g/mol. The summed E-state index contributed by atoms with van der Waals surface area (Å²) in [5.74, 6) is 10.0. The van der Waals surface area contributed by atoms with E-state index in [9.17, 15) is 9.59 Å². The van der Waals surface area contributed by atoms with Gasteiger partial charge in [-0.1, -0.05) is 11.6 Å². The lowest BCUT2D eigenvalue weighted by Crippen LogP contribution is -2.45. The van der Waals surface area contributed by atoms with Gasteiger partial charge in [0.05, 0.1) is 6.20 Å². The number of aromatic nitrogens is 2. The van der Waals surface area contributed by atoms with Crippen molar-refractivity contribution in [2.24, 2.45) is 23.2 Å². The van der Waals surface area contributed by atoms with E-state index in [0.717, 1.165) is 6.20 Å². The Kier molecular flexibility index (Phi) is 3.62. The molecule has 0 spiro atoms. The number of nitrogens with zero attached hydrogens (tertiary/aromatic N) is 4. The predicted octanol–water partition coefficient (Wildman–Crippen LogP) is -1.35. The standard InChI is InChI=1S/C6H9ClN8O2/c7-2-1-12-6(15(11)5(9)17)13-3(2)14(10)4(8)16/h1H,10-11H2,(H2,8,16)(H2,9,17). The van der Waals surface area contributed by atoms with Crippen LogP contribution >= 0.6 is 11.6 Å². The van der Waals surface area contributed by atoms with Gasteiger partial charge in [0.2, 0.25) is 0 Å². The quantitative estimate of drug-likeness (QED) is 0.291. The zero-order valence-corrected chi connectivity index (χ0v) is 9.13. The van der Waals surface area contributed by atoms with Gasteiger partial charge in [-0.05, 0) is 0 Å². The molecule has 0 fully saturated rings. The molecule has 4 amide bonds.